The fourth-order valence-electron chi connectivity index (χ4n) is 7.36. The Hall–Kier alpha value is -2.25. The number of amides is 4. The molecule has 1 unspecified atom stereocenters. The summed E-state index contributed by atoms with van der Waals surface area (Å²) in [4.78, 5) is 54.4. The zero-order chi connectivity index (χ0) is 29.0. The van der Waals surface area contributed by atoms with Gasteiger partial charge in [-0.1, -0.05) is 33.1 Å². The number of fused-ring (bicyclic) bond motifs is 1. The molecule has 0 radical (unpaired) electrons. The normalized spacial score (nSPS) is 32.0. The summed E-state index contributed by atoms with van der Waals surface area (Å²) in [7, 11) is -4.95. The molecule has 0 bridgehead atoms. The quantitative estimate of drug-likeness (QED) is 0.226. The number of hydrogen-bond acceptors (Lipinski definition) is 7. The van der Waals surface area contributed by atoms with Crippen LogP contribution in [0.2, 0.25) is 0 Å². The Morgan fingerprint density at radius 1 is 1.05 bits per heavy atom. The lowest BCUT2D eigenvalue weighted by atomic mass is 9.83. The number of aliphatic hydroxyl groups excluding tert-OH is 1. The van der Waals surface area contributed by atoms with Crippen LogP contribution in [0.25, 0.3) is 0 Å². The SMILES string of the molecule is CC1(C)[C@@H]2[C@@H](C(=O)N[C@@H](C[C@@H]3CCNC3=O)C(O)S(=O)(=O)O)N(C(=O)[C@@H](NC(=O)C3CC3)C3CCCCC3)C[C@@H]21. The van der Waals surface area contributed by atoms with Crippen molar-refractivity contribution >= 4 is 33.7 Å². The van der Waals surface area contributed by atoms with Gasteiger partial charge in [0.1, 0.15) is 12.1 Å². The summed E-state index contributed by atoms with van der Waals surface area (Å²) in [6.07, 6.45) is 6.49. The van der Waals surface area contributed by atoms with Crippen molar-refractivity contribution < 1.29 is 37.3 Å². The zero-order valence-electron chi connectivity index (χ0n) is 23.2. The van der Waals surface area contributed by atoms with Gasteiger partial charge in [-0.05, 0) is 61.7 Å². The van der Waals surface area contributed by atoms with Gasteiger partial charge in [0.05, 0.1) is 6.04 Å². The number of carbonyl (C=O) groups excluding carboxylic acids is 4. The van der Waals surface area contributed by atoms with E-state index in [2.05, 4.69) is 16.0 Å². The number of likely N-dealkylation sites (tertiary alicyclic amines) is 1. The lowest BCUT2D eigenvalue weighted by Crippen LogP contribution is -2.60. The van der Waals surface area contributed by atoms with Crippen LogP contribution in [-0.2, 0) is 29.3 Å². The van der Waals surface area contributed by atoms with E-state index in [1.54, 1.807) is 0 Å². The second-order valence-electron chi connectivity index (χ2n) is 13.1. The fraction of sp³-hybridized carbons (Fsp3) is 0.852. The molecule has 0 spiro atoms. The molecule has 0 aromatic carbocycles. The van der Waals surface area contributed by atoms with Crippen LogP contribution in [0.15, 0.2) is 0 Å². The molecule has 5 N–H and O–H groups in total. The van der Waals surface area contributed by atoms with Gasteiger partial charge in [-0.25, -0.2) is 0 Å². The second-order valence-corrected chi connectivity index (χ2v) is 14.6. The van der Waals surface area contributed by atoms with Crippen molar-refractivity contribution in [2.75, 3.05) is 13.1 Å². The standard InChI is InChI=1S/C27H42N4O8S/c1-27(2)17-13-31(25(35)20(14-6-4-3-5-7-14)30-23(33)15-8-9-15)21(19(17)27)24(34)29-18(26(36)40(37,38)39)12-16-10-11-28-22(16)32/h14-21,26,36H,3-13H2,1-2H3,(H,28,32)(H,29,34)(H,30,33)(H,37,38,39)/t16-,17-,18-,19-,20-,21-,26?/m0/s1. The fourth-order valence-corrected chi connectivity index (χ4v) is 7.95. The third-order valence-corrected chi connectivity index (χ3v) is 11.0. The number of carbonyl (C=O) groups is 4. The first-order valence-corrected chi connectivity index (χ1v) is 16.1. The van der Waals surface area contributed by atoms with Gasteiger partial charge in [0.25, 0.3) is 10.1 Å². The van der Waals surface area contributed by atoms with Gasteiger partial charge >= 0.3 is 0 Å². The molecule has 2 heterocycles. The van der Waals surface area contributed by atoms with Crippen molar-refractivity contribution in [1.82, 2.24) is 20.9 Å². The molecule has 5 fully saturated rings. The highest BCUT2D eigenvalue weighted by atomic mass is 32.2. The van der Waals surface area contributed by atoms with Gasteiger partial charge in [-0.2, -0.15) is 8.42 Å². The largest absolute Gasteiger partial charge is 0.374 e. The Bertz CT molecular complexity index is 1150. The molecule has 3 saturated carbocycles. The summed E-state index contributed by atoms with van der Waals surface area (Å²) >= 11 is 0. The Labute approximate surface area is 235 Å². The lowest BCUT2D eigenvalue weighted by molar-refractivity contribution is -0.145. The topological polar surface area (TPSA) is 182 Å². The third kappa shape index (κ3) is 5.74. The van der Waals surface area contributed by atoms with Crippen LogP contribution < -0.4 is 16.0 Å². The highest BCUT2D eigenvalue weighted by Gasteiger charge is 2.69. The van der Waals surface area contributed by atoms with E-state index in [0.29, 0.717) is 19.5 Å². The zero-order valence-corrected chi connectivity index (χ0v) is 24.0. The maximum absolute atomic E-state index is 14.1. The van der Waals surface area contributed by atoms with Gasteiger partial charge in [-0.3, -0.25) is 23.7 Å². The average molecular weight is 583 g/mol. The van der Waals surface area contributed by atoms with Crippen LogP contribution in [0.3, 0.4) is 0 Å². The summed E-state index contributed by atoms with van der Waals surface area (Å²) in [5.74, 6) is -2.22. The van der Waals surface area contributed by atoms with E-state index in [1.807, 2.05) is 13.8 Å². The number of rotatable bonds is 10. The predicted molar refractivity (Wildman–Crippen MR) is 143 cm³/mol. The van der Waals surface area contributed by atoms with Gasteiger partial charge in [-0.15, -0.1) is 0 Å². The van der Waals surface area contributed by atoms with Crippen LogP contribution >= 0.6 is 0 Å². The molecule has 3 aliphatic carbocycles. The third-order valence-electron chi connectivity index (χ3n) is 10.1. The van der Waals surface area contributed by atoms with E-state index in [4.69, 9.17) is 0 Å². The second kappa shape index (κ2) is 10.9. The van der Waals surface area contributed by atoms with Crippen molar-refractivity contribution in [1.29, 1.82) is 0 Å². The van der Waals surface area contributed by atoms with E-state index < -0.39 is 45.5 Å². The van der Waals surface area contributed by atoms with Gasteiger partial charge in [0.2, 0.25) is 29.1 Å². The molecule has 0 aromatic heterocycles. The number of nitrogens with zero attached hydrogens (tertiary/aromatic N) is 1. The molecule has 7 atom stereocenters. The molecule has 2 aliphatic heterocycles. The van der Waals surface area contributed by atoms with E-state index in [0.717, 1.165) is 44.9 Å². The van der Waals surface area contributed by atoms with Crippen molar-refractivity contribution in [2.24, 2.45) is 35.0 Å². The highest BCUT2D eigenvalue weighted by Crippen LogP contribution is 2.65. The number of nitrogens with one attached hydrogen (secondary N) is 3. The van der Waals surface area contributed by atoms with E-state index in [1.165, 1.54) is 4.90 Å². The molecular formula is C27H42N4O8S. The molecule has 5 aliphatic rings. The van der Waals surface area contributed by atoms with Crippen LogP contribution in [0.1, 0.15) is 71.6 Å². The van der Waals surface area contributed by atoms with E-state index in [9.17, 15) is 37.3 Å². The molecule has 4 amide bonds. The van der Waals surface area contributed by atoms with Crippen LogP contribution in [0, 0.1) is 35.0 Å². The Kier molecular flexibility index (Phi) is 7.94. The minimum atomic E-state index is -4.95. The smallest absolute Gasteiger partial charge is 0.294 e. The lowest BCUT2D eigenvalue weighted by Gasteiger charge is -2.37. The van der Waals surface area contributed by atoms with E-state index in [-0.39, 0.29) is 53.2 Å². The summed E-state index contributed by atoms with van der Waals surface area (Å²) in [6.45, 7) is 4.77. The van der Waals surface area contributed by atoms with Crippen LogP contribution in [0.4, 0.5) is 0 Å². The molecule has 2 saturated heterocycles. The van der Waals surface area contributed by atoms with Crippen LogP contribution in [-0.4, -0.2) is 83.3 Å². The minimum absolute atomic E-state index is 0.0208. The monoisotopic (exact) mass is 582 g/mol. The Morgan fingerprint density at radius 2 is 1.73 bits per heavy atom. The summed E-state index contributed by atoms with van der Waals surface area (Å²) in [5, 5.41) is 18.7. The van der Waals surface area contributed by atoms with Gasteiger partial charge in [0, 0.05) is 24.9 Å². The number of piperidine rings is 1. The van der Waals surface area contributed by atoms with Crippen molar-refractivity contribution in [2.45, 2.75) is 95.2 Å². The number of aliphatic hydroxyl groups is 1. The maximum Gasteiger partial charge on any atom is 0.294 e. The molecule has 13 heteroatoms. The van der Waals surface area contributed by atoms with Gasteiger partial charge < -0.3 is 26.0 Å². The highest BCUT2D eigenvalue weighted by molar-refractivity contribution is 7.86. The maximum atomic E-state index is 14.1. The summed E-state index contributed by atoms with van der Waals surface area (Å²) in [5.41, 5.74) is -2.55. The molecule has 224 valence electrons. The molecular weight excluding hydrogens is 540 g/mol. The molecule has 5 rings (SSSR count). The van der Waals surface area contributed by atoms with Crippen molar-refractivity contribution in [3.63, 3.8) is 0 Å². The van der Waals surface area contributed by atoms with Crippen LogP contribution in [0.5, 0.6) is 0 Å². The Balaban J connectivity index is 1.38. The minimum Gasteiger partial charge on any atom is -0.374 e. The average Bonchev–Trinajstić information content (AvgIpc) is 3.72. The van der Waals surface area contributed by atoms with Crippen molar-refractivity contribution in [3.8, 4) is 0 Å². The predicted octanol–water partition coefficient (Wildman–Crippen LogP) is 0.162. The van der Waals surface area contributed by atoms with E-state index >= 15 is 0 Å². The first-order chi connectivity index (χ1) is 18.8. The first-order valence-electron chi connectivity index (χ1n) is 14.6. The molecule has 12 nitrogen and oxygen atoms in total. The number of hydrogen-bond donors (Lipinski definition) is 5. The molecule has 0 aromatic rings. The molecule has 40 heavy (non-hydrogen) atoms. The summed E-state index contributed by atoms with van der Waals surface area (Å²) in [6, 6.07) is -3.10. The van der Waals surface area contributed by atoms with Gasteiger partial charge in [0.15, 0.2) is 0 Å². The Morgan fingerprint density at radius 3 is 2.30 bits per heavy atom. The van der Waals surface area contributed by atoms with Crippen molar-refractivity contribution in [3.05, 3.63) is 0 Å². The summed E-state index contributed by atoms with van der Waals surface area (Å²) < 4.78 is 33.3. The first kappa shape index (κ1) is 29.2.